The normalized spacial score (nSPS) is 17.3. The quantitative estimate of drug-likeness (QED) is 0.790. The Morgan fingerprint density at radius 2 is 2.04 bits per heavy atom. The molecule has 3 amide bonds. The van der Waals surface area contributed by atoms with Crippen LogP contribution in [0, 0.1) is 5.92 Å². The van der Waals surface area contributed by atoms with Gasteiger partial charge in [-0.1, -0.05) is 22.0 Å². The van der Waals surface area contributed by atoms with Crippen molar-refractivity contribution in [2.24, 2.45) is 5.92 Å². The monoisotopic (exact) mass is 423 g/mol. The Bertz CT molecular complexity index is 700. The highest BCUT2D eigenvalue weighted by molar-refractivity contribution is 9.10. The first-order valence-electron chi connectivity index (χ1n) is 8.76. The summed E-state index contributed by atoms with van der Waals surface area (Å²) in [5.41, 5.74) is 0.425. The lowest BCUT2D eigenvalue weighted by atomic mass is 10.1. The lowest BCUT2D eigenvalue weighted by Gasteiger charge is -2.26. The van der Waals surface area contributed by atoms with Crippen molar-refractivity contribution in [1.82, 2.24) is 10.2 Å². The highest BCUT2D eigenvalue weighted by atomic mass is 79.9. The van der Waals surface area contributed by atoms with Gasteiger partial charge < -0.3 is 15.1 Å². The van der Waals surface area contributed by atoms with Crippen molar-refractivity contribution in [3.8, 4) is 0 Å². The largest absolute Gasteiger partial charge is 0.350 e. The number of nitrogens with one attached hydrogen (secondary N) is 1. The van der Waals surface area contributed by atoms with Gasteiger partial charge in [0.2, 0.25) is 17.7 Å². The van der Waals surface area contributed by atoms with Gasteiger partial charge in [-0.15, -0.1) is 0 Å². The van der Waals surface area contributed by atoms with E-state index in [4.69, 9.17) is 0 Å². The zero-order valence-corrected chi connectivity index (χ0v) is 17.3. The second-order valence-electron chi connectivity index (χ2n) is 7.54. The predicted molar refractivity (Wildman–Crippen MR) is 105 cm³/mol. The summed E-state index contributed by atoms with van der Waals surface area (Å²) in [6, 6.07) is 7.46. The fraction of sp³-hybridized carbons (Fsp3) is 0.526. The minimum atomic E-state index is -0.427. The number of carbonyl (C=O) groups is 3. The van der Waals surface area contributed by atoms with Crippen LogP contribution in [0.15, 0.2) is 28.7 Å². The van der Waals surface area contributed by atoms with E-state index in [-0.39, 0.29) is 36.2 Å². The number of hydrogen-bond donors (Lipinski definition) is 1. The summed E-state index contributed by atoms with van der Waals surface area (Å²) in [4.78, 5) is 40.5. The third-order valence-corrected chi connectivity index (χ3v) is 4.63. The molecule has 6 nitrogen and oxygen atoms in total. The second-order valence-corrected chi connectivity index (χ2v) is 8.45. The number of rotatable bonds is 5. The molecule has 0 aliphatic carbocycles. The smallest absolute Gasteiger partial charge is 0.240 e. The molecule has 2 rings (SSSR count). The van der Waals surface area contributed by atoms with Crippen LogP contribution in [-0.2, 0) is 14.4 Å². The molecule has 7 heteroatoms. The molecule has 1 aliphatic heterocycles. The maximum atomic E-state index is 12.8. The molecular weight excluding hydrogens is 398 g/mol. The molecule has 1 atom stereocenters. The van der Waals surface area contributed by atoms with E-state index in [2.05, 4.69) is 21.2 Å². The van der Waals surface area contributed by atoms with Crippen molar-refractivity contribution >= 4 is 39.3 Å². The Morgan fingerprint density at radius 3 is 2.62 bits per heavy atom. The minimum absolute atomic E-state index is 0.00811. The van der Waals surface area contributed by atoms with Crippen LogP contribution < -0.4 is 10.2 Å². The van der Waals surface area contributed by atoms with Gasteiger partial charge in [0.25, 0.3) is 0 Å². The van der Waals surface area contributed by atoms with Crippen LogP contribution in [0.5, 0.6) is 0 Å². The molecule has 0 aromatic heterocycles. The van der Waals surface area contributed by atoms with E-state index < -0.39 is 5.92 Å². The van der Waals surface area contributed by atoms with Gasteiger partial charge in [0.1, 0.15) is 0 Å². The predicted octanol–water partition coefficient (Wildman–Crippen LogP) is 2.57. The van der Waals surface area contributed by atoms with E-state index in [0.29, 0.717) is 13.1 Å². The van der Waals surface area contributed by atoms with E-state index >= 15 is 0 Å². The first-order chi connectivity index (χ1) is 12.1. The number of halogens is 1. The molecule has 1 aromatic carbocycles. The number of likely N-dealkylation sites (N-methyl/N-ethyl adjacent to an activating group) is 1. The molecule has 0 spiro atoms. The third-order valence-electron chi connectivity index (χ3n) is 4.14. The zero-order valence-electron chi connectivity index (χ0n) is 15.7. The number of hydrogen-bond acceptors (Lipinski definition) is 3. The molecule has 0 bridgehead atoms. The molecule has 1 saturated heterocycles. The molecule has 1 fully saturated rings. The van der Waals surface area contributed by atoms with Crippen molar-refractivity contribution < 1.29 is 14.4 Å². The van der Waals surface area contributed by atoms with Crippen molar-refractivity contribution in [1.29, 1.82) is 0 Å². The van der Waals surface area contributed by atoms with Crippen LogP contribution in [0.4, 0.5) is 5.69 Å². The standard InChI is InChI=1S/C19H26BrN3O3/c1-5-22(12-16(24)21-19(2,3)4)18(26)13-9-17(25)23(11-13)15-8-6-7-14(20)10-15/h6-8,10,13H,5,9,11-12H2,1-4H3,(H,21,24)/t13-/m1/s1. The second kappa shape index (κ2) is 8.20. The van der Waals surface area contributed by atoms with Crippen LogP contribution in [-0.4, -0.2) is 47.8 Å². The van der Waals surface area contributed by atoms with Crippen LogP contribution in [0.2, 0.25) is 0 Å². The van der Waals surface area contributed by atoms with E-state index in [0.717, 1.165) is 10.2 Å². The van der Waals surface area contributed by atoms with Gasteiger partial charge in [-0.2, -0.15) is 0 Å². The first kappa shape index (κ1) is 20.4. The molecule has 1 N–H and O–H groups in total. The minimum Gasteiger partial charge on any atom is -0.350 e. The summed E-state index contributed by atoms with van der Waals surface area (Å²) < 4.78 is 0.881. The lowest BCUT2D eigenvalue weighted by Crippen LogP contribution is -2.48. The molecule has 1 heterocycles. The number of amides is 3. The van der Waals surface area contributed by atoms with E-state index in [1.165, 1.54) is 4.90 Å². The zero-order chi connectivity index (χ0) is 19.5. The Morgan fingerprint density at radius 1 is 1.35 bits per heavy atom. The molecular formula is C19H26BrN3O3. The van der Waals surface area contributed by atoms with Gasteiger partial charge >= 0.3 is 0 Å². The molecule has 0 saturated carbocycles. The summed E-state index contributed by atoms with van der Waals surface area (Å²) >= 11 is 3.40. The van der Waals surface area contributed by atoms with Crippen LogP contribution in [0.25, 0.3) is 0 Å². The van der Waals surface area contributed by atoms with Gasteiger partial charge in [-0.05, 0) is 45.9 Å². The summed E-state index contributed by atoms with van der Waals surface area (Å²) in [5, 5.41) is 2.86. The summed E-state index contributed by atoms with van der Waals surface area (Å²) in [6.45, 7) is 8.31. The Kier molecular flexibility index (Phi) is 6.44. The van der Waals surface area contributed by atoms with Gasteiger partial charge in [-0.25, -0.2) is 0 Å². The van der Waals surface area contributed by atoms with Gasteiger partial charge in [0.05, 0.1) is 12.5 Å². The first-order valence-corrected chi connectivity index (χ1v) is 9.55. The summed E-state index contributed by atoms with van der Waals surface area (Å²) in [6.07, 6.45) is 0.169. The topological polar surface area (TPSA) is 69.7 Å². The average molecular weight is 424 g/mol. The van der Waals surface area contributed by atoms with E-state index in [1.54, 1.807) is 4.90 Å². The molecule has 1 aliphatic rings. The maximum absolute atomic E-state index is 12.8. The SMILES string of the molecule is CCN(CC(=O)NC(C)(C)C)C(=O)[C@@H]1CC(=O)N(c2cccc(Br)c2)C1. The number of nitrogens with zero attached hydrogens (tertiary/aromatic N) is 2. The Labute approximate surface area is 163 Å². The molecule has 26 heavy (non-hydrogen) atoms. The van der Waals surface area contributed by atoms with Crippen LogP contribution in [0.1, 0.15) is 34.1 Å². The van der Waals surface area contributed by atoms with Crippen molar-refractivity contribution in [2.75, 3.05) is 24.5 Å². The summed E-state index contributed by atoms with van der Waals surface area (Å²) in [5.74, 6) is -0.844. The van der Waals surface area contributed by atoms with Crippen LogP contribution >= 0.6 is 15.9 Å². The average Bonchev–Trinajstić information content (AvgIpc) is 2.92. The maximum Gasteiger partial charge on any atom is 0.240 e. The van der Waals surface area contributed by atoms with Crippen molar-refractivity contribution in [3.63, 3.8) is 0 Å². The fourth-order valence-electron chi connectivity index (χ4n) is 3.00. The fourth-order valence-corrected chi connectivity index (χ4v) is 3.39. The molecule has 0 unspecified atom stereocenters. The third kappa shape index (κ3) is 5.30. The van der Waals surface area contributed by atoms with Gasteiger partial charge in [-0.3, -0.25) is 14.4 Å². The van der Waals surface area contributed by atoms with Gasteiger partial charge in [0.15, 0.2) is 0 Å². The van der Waals surface area contributed by atoms with Crippen molar-refractivity contribution in [2.45, 2.75) is 39.7 Å². The van der Waals surface area contributed by atoms with E-state index in [1.807, 2.05) is 52.0 Å². The van der Waals surface area contributed by atoms with Crippen molar-refractivity contribution in [3.05, 3.63) is 28.7 Å². The highest BCUT2D eigenvalue weighted by Gasteiger charge is 2.37. The number of benzene rings is 1. The lowest BCUT2D eigenvalue weighted by molar-refractivity contribution is -0.139. The van der Waals surface area contributed by atoms with Crippen LogP contribution in [0.3, 0.4) is 0 Å². The van der Waals surface area contributed by atoms with E-state index in [9.17, 15) is 14.4 Å². The molecule has 1 aromatic rings. The Balaban J connectivity index is 2.04. The number of anilines is 1. The highest BCUT2D eigenvalue weighted by Crippen LogP contribution is 2.28. The molecule has 0 radical (unpaired) electrons. The molecule has 142 valence electrons. The summed E-state index contributed by atoms with van der Waals surface area (Å²) in [7, 11) is 0. The Hall–Kier alpha value is -1.89. The van der Waals surface area contributed by atoms with Gasteiger partial charge in [0, 0.05) is 35.2 Å². The number of carbonyl (C=O) groups excluding carboxylic acids is 3.